The highest BCUT2D eigenvalue weighted by Gasteiger charge is 2.24. The monoisotopic (exact) mass is 1200 g/mol. The van der Waals surface area contributed by atoms with Crippen LogP contribution in [-0.2, 0) is 18.4 Å². The first-order valence-electron chi connectivity index (χ1n) is 34.7. The van der Waals surface area contributed by atoms with Gasteiger partial charge >= 0.3 is 0 Å². The van der Waals surface area contributed by atoms with Crippen LogP contribution >= 0.6 is 7.82 Å². The molecule has 2 N–H and O–H groups in total. The maximum atomic E-state index is 13.0. The summed E-state index contributed by atoms with van der Waals surface area (Å²) < 4.78 is 23.5. The molecule has 0 aliphatic heterocycles. The standard InChI is InChI=1S/C76H131N2O6P/c1-6-8-10-12-14-16-18-20-22-24-26-28-30-32-33-34-35-36-37-38-39-40-41-42-43-44-45-46-48-50-52-54-56-58-60-62-64-66-68-70-76(80)77-74(73-84-85(81,82)83-72-71-78(3,4)5)75(79)69-67-65-63-61-59-57-55-53-51-49-47-31-29-27-25-23-21-19-17-15-13-11-9-7-2/h8,10,14,16,20,22,26,28,32-33,35-36,38-39,41-42,44-45,48,50,54,56,60,62,74-75,79H,6-7,9,11-13,15,17-19,21,23-25,27,29-31,34,37,40,43,46-47,49,51-53,55,57-59,61,63-73H2,1-5H3,(H-,77,80,81,82)/b10-8-,16-14-,22-20-,28-26-,33-32-,36-35-,39-38-,42-41-,45-44-,50-48-,56-54-,62-60-. The Kier molecular flexibility index (Phi) is 62.1. The maximum Gasteiger partial charge on any atom is 0.268 e. The van der Waals surface area contributed by atoms with E-state index in [-0.39, 0.29) is 19.1 Å². The van der Waals surface area contributed by atoms with Crippen LogP contribution in [0.25, 0.3) is 0 Å². The van der Waals surface area contributed by atoms with Crippen molar-refractivity contribution in [3.63, 3.8) is 0 Å². The number of nitrogens with one attached hydrogen (secondary N) is 1. The van der Waals surface area contributed by atoms with Crippen LogP contribution in [0.15, 0.2) is 146 Å². The number of allylic oxidation sites excluding steroid dienone is 24. The van der Waals surface area contributed by atoms with Gasteiger partial charge < -0.3 is 28.8 Å². The number of carbonyl (C=O) groups excluding carboxylic acids is 1. The second-order valence-electron chi connectivity index (χ2n) is 24.2. The second kappa shape index (κ2) is 64.8. The molecular weight excluding hydrogens is 1070 g/mol. The van der Waals surface area contributed by atoms with Crippen molar-refractivity contribution in [2.24, 2.45) is 0 Å². The van der Waals surface area contributed by atoms with Crippen LogP contribution in [0.5, 0.6) is 0 Å². The fourth-order valence-corrected chi connectivity index (χ4v) is 10.2. The van der Waals surface area contributed by atoms with Gasteiger partial charge in [0.1, 0.15) is 13.2 Å². The fourth-order valence-electron chi connectivity index (χ4n) is 9.49. The minimum Gasteiger partial charge on any atom is -0.756 e. The molecule has 1 amide bonds. The van der Waals surface area contributed by atoms with Gasteiger partial charge in [-0.15, -0.1) is 0 Å². The molecule has 9 heteroatoms. The number of amides is 1. The van der Waals surface area contributed by atoms with Crippen LogP contribution in [0.4, 0.5) is 0 Å². The number of rotatable bonds is 62. The van der Waals surface area contributed by atoms with Gasteiger partial charge in [-0.25, -0.2) is 0 Å². The third-order valence-electron chi connectivity index (χ3n) is 14.8. The average Bonchev–Trinajstić information content (AvgIpc) is 3.49. The van der Waals surface area contributed by atoms with Crippen molar-refractivity contribution in [3.8, 4) is 0 Å². The van der Waals surface area contributed by atoms with E-state index in [1.807, 2.05) is 21.1 Å². The van der Waals surface area contributed by atoms with Crippen LogP contribution in [-0.4, -0.2) is 68.5 Å². The van der Waals surface area contributed by atoms with Gasteiger partial charge in [0.25, 0.3) is 7.82 Å². The van der Waals surface area contributed by atoms with E-state index < -0.39 is 20.0 Å². The molecule has 486 valence electrons. The van der Waals surface area contributed by atoms with Crippen molar-refractivity contribution in [3.05, 3.63) is 146 Å². The molecule has 0 aromatic carbocycles. The molecule has 3 unspecified atom stereocenters. The summed E-state index contributed by atoms with van der Waals surface area (Å²) in [6.07, 6.45) is 99.2. The Morgan fingerprint density at radius 3 is 1.02 bits per heavy atom. The van der Waals surface area contributed by atoms with Crippen molar-refractivity contribution in [2.45, 2.75) is 289 Å². The molecule has 0 spiro atoms. The van der Waals surface area contributed by atoms with Gasteiger partial charge in [-0.2, -0.15) is 0 Å². The first kappa shape index (κ1) is 81.4. The molecule has 0 heterocycles. The van der Waals surface area contributed by atoms with Gasteiger partial charge in [0.2, 0.25) is 5.91 Å². The van der Waals surface area contributed by atoms with E-state index in [1.165, 1.54) is 135 Å². The number of phosphoric ester groups is 1. The van der Waals surface area contributed by atoms with Crippen LogP contribution in [0.1, 0.15) is 277 Å². The molecule has 8 nitrogen and oxygen atoms in total. The Morgan fingerprint density at radius 2 is 0.718 bits per heavy atom. The zero-order valence-corrected chi connectivity index (χ0v) is 56.4. The summed E-state index contributed by atoms with van der Waals surface area (Å²) in [5, 5.41) is 14.1. The van der Waals surface area contributed by atoms with Crippen molar-refractivity contribution in [2.75, 3.05) is 40.9 Å². The van der Waals surface area contributed by atoms with Crippen molar-refractivity contribution in [1.82, 2.24) is 5.32 Å². The lowest BCUT2D eigenvalue weighted by atomic mass is 10.0. The number of aliphatic hydroxyl groups excluding tert-OH is 1. The molecule has 0 saturated heterocycles. The van der Waals surface area contributed by atoms with Crippen LogP contribution in [0.2, 0.25) is 0 Å². The summed E-state index contributed by atoms with van der Waals surface area (Å²) in [6.45, 7) is 4.59. The Hall–Kier alpha value is -3.62. The SMILES string of the molecule is CC/C=C\C/C=C\C/C=C\C/C=C\C/C=C\C/C=C\C/C=C\C/C=C\C/C=C\C/C=C\C/C=C\C/C=C\CCCCC(=O)NC(COP(=O)([O-])OCC[N+](C)(C)C)C(O)CCCCCCCCCCCCCCCCCCCCCCCCCC. The molecular formula is C76H131N2O6P. The summed E-state index contributed by atoms with van der Waals surface area (Å²) in [4.78, 5) is 25.6. The van der Waals surface area contributed by atoms with Gasteiger partial charge in [-0.05, 0) is 103 Å². The lowest BCUT2D eigenvalue weighted by Gasteiger charge is -2.30. The van der Waals surface area contributed by atoms with E-state index in [4.69, 9.17) is 9.05 Å². The predicted octanol–water partition coefficient (Wildman–Crippen LogP) is 21.7. The number of aliphatic hydroxyl groups is 1. The highest BCUT2D eigenvalue weighted by atomic mass is 31.2. The number of unbranched alkanes of at least 4 members (excludes halogenated alkanes) is 25. The minimum absolute atomic E-state index is 0.00369. The number of likely N-dealkylation sites (N-methyl/N-ethyl adjacent to an activating group) is 1. The Morgan fingerprint density at radius 1 is 0.424 bits per heavy atom. The second-order valence-corrected chi connectivity index (χ2v) is 25.6. The summed E-state index contributed by atoms with van der Waals surface area (Å²) in [6, 6.07) is -0.837. The molecule has 0 radical (unpaired) electrons. The van der Waals surface area contributed by atoms with Crippen molar-refractivity contribution < 1.29 is 32.9 Å². The van der Waals surface area contributed by atoms with Gasteiger partial charge in [0.05, 0.1) is 39.9 Å². The zero-order valence-electron chi connectivity index (χ0n) is 55.5. The van der Waals surface area contributed by atoms with Crippen molar-refractivity contribution in [1.29, 1.82) is 0 Å². The highest BCUT2D eigenvalue weighted by molar-refractivity contribution is 7.45. The Labute approximate surface area is 525 Å². The van der Waals surface area contributed by atoms with E-state index in [2.05, 4.69) is 165 Å². The van der Waals surface area contributed by atoms with E-state index in [1.54, 1.807) is 0 Å². The van der Waals surface area contributed by atoms with Crippen LogP contribution in [0, 0.1) is 0 Å². The zero-order chi connectivity index (χ0) is 61.9. The van der Waals surface area contributed by atoms with Crippen LogP contribution < -0.4 is 10.2 Å². The van der Waals surface area contributed by atoms with Gasteiger partial charge in [-0.3, -0.25) is 9.36 Å². The highest BCUT2D eigenvalue weighted by Crippen LogP contribution is 2.38. The third-order valence-corrected chi connectivity index (χ3v) is 15.8. The Balaban J connectivity index is 4.21. The molecule has 0 bridgehead atoms. The molecule has 0 aliphatic carbocycles. The molecule has 0 fully saturated rings. The number of quaternary nitrogens is 1. The molecule has 0 aromatic rings. The van der Waals surface area contributed by atoms with E-state index in [9.17, 15) is 19.4 Å². The lowest BCUT2D eigenvalue weighted by molar-refractivity contribution is -0.870. The summed E-state index contributed by atoms with van der Waals surface area (Å²) >= 11 is 0. The Bertz CT molecular complexity index is 1900. The van der Waals surface area contributed by atoms with E-state index in [0.29, 0.717) is 30.3 Å². The third kappa shape index (κ3) is 67.7. The topological polar surface area (TPSA) is 108 Å². The smallest absolute Gasteiger partial charge is 0.268 e. The van der Waals surface area contributed by atoms with Crippen molar-refractivity contribution >= 4 is 13.7 Å². The van der Waals surface area contributed by atoms with Gasteiger partial charge in [-0.1, -0.05) is 314 Å². The van der Waals surface area contributed by atoms with E-state index in [0.717, 1.165) is 109 Å². The minimum atomic E-state index is -4.60. The quantitative estimate of drug-likeness (QED) is 0.0272. The predicted molar refractivity (Wildman–Crippen MR) is 371 cm³/mol. The number of hydrogen-bond acceptors (Lipinski definition) is 6. The molecule has 85 heavy (non-hydrogen) atoms. The molecule has 0 rings (SSSR count). The summed E-state index contributed by atoms with van der Waals surface area (Å²) in [5.74, 6) is -0.210. The number of phosphoric acid groups is 1. The fraction of sp³-hybridized carbons (Fsp3) is 0.671. The van der Waals surface area contributed by atoms with Gasteiger partial charge in [0.15, 0.2) is 0 Å². The van der Waals surface area contributed by atoms with Crippen LogP contribution in [0.3, 0.4) is 0 Å². The first-order valence-corrected chi connectivity index (χ1v) is 36.1. The normalized spacial score (nSPS) is 14.6. The van der Waals surface area contributed by atoms with E-state index >= 15 is 0 Å². The summed E-state index contributed by atoms with van der Waals surface area (Å²) in [7, 11) is 1.26. The average molecular weight is 1200 g/mol. The lowest BCUT2D eigenvalue weighted by Crippen LogP contribution is -2.46. The largest absolute Gasteiger partial charge is 0.756 e. The molecule has 3 atom stereocenters. The maximum absolute atomic E-state index is 13.0. The number of carbonyl (C=O) groups is 1. The molecule has 0 aromatic heterocycles. The summed E-state index contributed by atoms with van der Waals surface area (Å²) in [5.41, 5.74) is 0. The first-order chi connectivity index (χ1) is 41.5. The molecule has 0 aliphatic rings. The number of hydrogen-bond donors (Lipinski definition) is 2. The molecule has 0 saturated carbocycles. The number of nitrogens with zero attached hydrogens (tertiary/aromatic N) is 1. The van der Waals surface area contributed by atoms with Gasteiger partial charge in [0, 0.05) is 6.42 Å².